The Morgan fingerprint density at radius 3 is 1.81 bits per heavy atom. The van der Waals surface area contributed by atoms with Crippen molar-refractivity contribution in [2.75, 3.05) is 6.61 Å². The first-order valence-electron chi connectivity index (χ1n) is 22.0. The summed E-state index contributed by atoms with van der Waals surface area (Å²) >= 11 is 0.0688. The molecule has 18 atom stereocenters. The first kappa shape index (κ1) is 55.9. The van der Waals surface area contributed by atoms with E-state index in [0.29, 0.717) is 25.7 Å². The average Bonchev–Trinajstić information content (AvgIpc) is 3.23. The quantitative estimate of drug-likeness (QED) is 0.0168. The van der Waals surface area contributed by atoms with E-state index in [1.54, 1.807) is 34.6 Å². The second kappa shape index (κ2) is 28.0. The zero-order chi connectivity index (χ0) is 46.8. The average molecular weight is 915 g/mol. The fourth-order valence-electron chi connectivity index (χ4n) is 7.97. The largest absolute Gasteiger partial charge is 0.465 e. The van der Waals surface area contributed by atoms with Crippen LogP contribution in [-0.2, 0) is 61.2 Å². The van der Waals surface area contributed by atoms with Crippen LogP contribution in [0.2, 0.25) is 0 Å². The van der Waals surface area contributed by atoms with Gasteiger partial charge in [-0.15, -0.1) is 4.33 Å². The van der Waals surface area contributed by atoms with E-state index < -0.39 is 122 Å². The third-order valence-corrected chi connectivity index (χ3v) is 12.3. The smallest absolute Gasteiger partial charge is 0.311 e. The molecule has 1 saturated carbocycles. The normalized spacial score (nSPS) is 30.5. The van der Waals surface area contributed by atoms with Gasteiger partial charge in [0.15, 0.2) is 30.6 Å². The van der Waals surface area contributed by atoms with Crippen LogP contribution in [0.15, 0.2) is 0 Å². The molecule has 2 fully saturated rings. The minimum Gasteiger partial charge on any atom is -0.465 e. The van der Waals surface area contributed by atoms with E-state index in [0.717, 1.165) is 12.8 Å². The fourth-order valence-corrected chi connectivity index (χ4v) is 8.36. The lowest BCUT2D eigenvalue weighted by atomic mass is 9.81. The Morgan fingerprint density at radius 1 is 0.694 bits per heavy atom. The van der Waals surface area contributed by atoms with Gasteiger partial charge in [-0.3, -0.25) is 23.4 Å². The van der Waals surface area contributed by atoms with Crippen molar-refractivity contribution in [2.24, 2.45) is 41.4 Å². The molecular formula is C42H74O19S. The molecule has 0 amide bonds. The van der Waals surface area contributed by atoms with E-state index in [1.165, 1.54) is 6.92 Å². The van der Waals surface area contributed by atoms with Crippen LogP contribution in [0.25, 0.3) is 0 Å². The molecule has 1 aliphatic heterocycles. The van der Waals surface area contributed by atoms with Gasteiger partial charge in [0.25, 0.3) is 0 Å². The summed E-state index contributed by atoms with van der Waals surface area (Å²) in [7, 11) is 0. The van der Waals surface area contributed by atoms with Gasteiger partial charge in [-0.25, -0.2) is 5.26 Å². The van der Waals surface area contributed by atoms with E-state index in [4.69, 9.17) is 37.9 Å². The van der Waals surface area contributed by atoms with Gasteiger partial charge in [0, 0.05) is 12.3 Å². The monoisotopic (exact) mass is 914 g/mol. The highest BCUT2D eigenvalue weighted by Gasteiger charge is 2.55. The van der Waals surface area contributed by atoms with Crippen molar-refractivity contribution in [3.63, 3.8) is 0 Å². The number of hydrogen-bond donors (Lipinski definition) is 6. The van der Waals surface area contributed by atoms with Crippen LogP contribution in [0.5, 0.6) is 0 Å². The zero-order valence-electron chi connectivity index (χ0n) is 37.9. The maximum Gasteiger partial charge on any atom is 0.311 e. The molecule has 1 heterocycles. The summed E-state index contributed by atoms with van der Waals surface area (Å²) in [6, 6.07) is 0. The number of carbonyl (C=O) groups excluding carboxylic acids is 4. The van der Waals surface area contributed by atoms with Gasteiger partial charge in [-0.2, -0.15) is 0 Å². The van der Waals surface area contributed by atoms with Gasteiger partial charge < -0.3 is 54.0 Å². The molecule has 0 aromatic heterocycles. The van der Waals surface area contributed by atoms with Crippen LogP contribution in [0.4, 0.5) is 0 Å². The molecule has 0 radical (unpaired) electrons. The SMILES string of the molecule is CCCC(C)CC(C)C(=O)OC1C(O)C(OC(=O)C(C)CC(C)C(O)CC)OC(OC2CC(COC(=O)C(C)CC(C)C(O)CC)C(O)C(O)C2OSOOO)C1OC(=O)CC. The highest BCUT2D eigenvalue weighted by molar-refractivity contribution is 7.89. The summed E-state index contributed by atoms with van der Waals surface area (Å²) in [4.78, 5) is 53.2. The second-order valence-corrected chi connectivity index (χ2v) is 17.7. The number of rotatable bonds is 27. The van der Waals surface area contributed by atoms with E-state index in [2.05, 4.69) is 9.37 Å². The molecule has 62 heavy (non-hydrogen) atoms. The summed E-state index contributed by atoms with van der Waals surface area (Å²) in [5.74, 6) is -6.47. The summed E-state index contributed by atoms with van der Waals surface area (Å²) in [6.07, 6.45) is -13.4. The van der Waals surface area contributed by atoms with E-state index in [-0.39, 0.29) is 49.3 Å². The topological polar surface area (TPSA) is 273 Å². The van der Waals surface area contributed by atoms with Gasteiger partial charge in [-0.05, 0) is 56.3 Å². The third-order valence-electron chi connectivity index (χ3n) is 11.9. The summed E-state index contributed by atoms with van der Waals surface area (Å²) < 4.78 is 45.2. The molecule has 19 nitrogen and oxygen atoms in total. The number of esters is 4. The summed E-state index contributed by atoms with van der Waals surface area (Å²) in [5, 5.41) is 67.2. The Bertz CT molecular complexity index is 1340. The third kappa shape index (κ3) is 17.0. The predicted octanol–water partition coefficient (Wildman–Crippen LogP) is 4.18. The fraction of sp³-hybridized carbons (Fsp3) is 0.905. The first-order chi connectivity index (χ1) is 29.2. The van der Waals surface area contributed by atoms with Gasteiger partial charge in [0.2, 0.25) is 12.6 Å². The Morgan fingerprint density at radius 2 is 1.26 bits per heavy atom. The van der Waals surface area contributed by atoms with Crippen LogP contribution in [0.1, 0.15) is 127 Å². The Kier molecular flexibility index (Phi) is 25.2. The van der Waals surface area contributed by atoms with Crippen molar-refractivity contribution >= 4 is 36.2 Å². The van der Waals surface area contributed by atoms with Gasteiger partial charge >= 0.3 is 23.9 Å². The lowest BCUT2D eigenvalue weighted by Gasteiger charge is -2.46. The lowest BCUT2D eigenvalue weighted by Crippen LogP contribution is -2.64. The summed E-state index contributed by atoms with van der Waals surface area (Å²) in [6.45, 7) is 17.2. The van der Waals surface area contributed by atoms with Crippen molar-refractivity contribution in [1.29, 1.82) is 0 Å². The van der Waals surface area contributed by atoms with Crippen LogP contribution < -0.4 is 0 Å². The highest BCUT2D eigenvalue weighted by atomic mass is 32.2. The molecule has 1 saturated heterocycles. The van der Waals surface area contributed by atoms with E-state index in [9.17, 15) is 44.7 Å². The second-order valence-electron chi connectivity index (χ2n) is 17.3. The van der Waals surface area contributed by atoms with Gasteiger partial charge in [0.1, 0.15) is 12.2 Å². The number of hydrogen-bond acceptors (Lipinski definition) is 20. The highest BCUT2D eigenvalue weighted by Crippen LogP contribution is 2.37. The molecule has 20 heteroatoms. The number of aliphatic hydroxyl groups is 5. The Labute approximate surface area is 370 Å². The predicted molar refractivity (Wildman–Crippen MR) is 220 cm³/mol. The van der Waals surface area contributed by atoms with Crippen molar-refractivity contribution in [2.45, 2.75) is 195 Å². The molecule has 6 N–H and O–H groups in total. The number of ether oxygens (including phenoxy) is 6. The Hall–Kier alpha value is -2.21. The lowest BCUT2D eigenvalue weighted by molar-refractivity contribution is -0.435. The molecule has 0 spiro atoms. The molecule has 18 unspecified atom stereocenters. The van der Waals surface area contributed by atoms with E-state index >= 15 is 0 Å². The maximum atomic E-state index is 13.7. The minimum atomic E-state index is -1.92. The molecule has 362 valence electrons. The van der Waals surface area contributed by atoms with Crippen molar-refractivity contribution in [3.8, 4) is 0 Å². The van der Waals surface area contributed by atoms with Crippen LogP contribution in [0, 0.1) is 41.4 Å². The minimum absolute atomic E-state index is 0.0688. The van der Waals surface area contributed by atoms with Gasteiger partial charge in [0.05, 0.1) is 48.8 Å². The maximum absolute atomic E-state index is 13.7. The van der Waals surface area contributed by atoms with Crippen molar-refractivity contribution in [1.82, 2.24) is 0 Å². The number of carbonyl (C=O) groups is 4. The number of aliphatic hydroxyl groups excluding tert-OH is 5. The van der Waals surface area contributed by atoms with E-state index in [1.807, 2.05) is 27.7 Å². The summed E-state index contributed by atoms with van der Waals surface area (Å²) in [5.41, 5.74) is 0. The molecule has 0 bridgehead atoms. The van der Waals surface area contributed by atoms with Crippen molar-refractivity contribution < 1.29 is 91.9 Å². The molecule has 0 aromatic carbocycles. The standard InChI is InChI=1S/C42H74O19S/c1-11-15-21(5)16-24(8)39(50)56-36-34(48)41(57-40(51)26(10)18-23(7)29(44)13-3)58-42(37(36)55-31(45)14-4)54-30-19-27(32(46)33(47)35(30)59-62-61-60-52)20-53-38(49)25(9)17-22(6)28(43)12-2/h21-30,32-37,41-44,46-48,52H,11-20H2,1-10H3. The van der Waals surface area contributed by atoms with Crippen LogP contribution in [0.3, 0.4) is 0 Å². The molecule has 1 aliphatic carbocycles. The molecular weight excluding hydrogens is 841 g/mol. The van der Waals surface area contributed by atoms with Crippen molar-refractivity contribution in [3.05, 3.63) is 0 Å². The zero-order valence-corrected chi connectivity index (χ0v) is 38.7. The van der Waals surface area contributed by atoms with Crippen LogP contribution in [-0.4, -0.2) is 129 Å². The molecule has 0 aromatic rings. The Balaban J connectivity index is 2.56. The molecule has 2 rings (SSSR count). The molecule has 2 aliphatic rings. The van der Waals surface area contributed by atoms with Gasteiger partial charge in [-0.1, -0.05) is 87.1 Å². The van der Waals surface area contributed by atoms with Crippen LogP contribution >= 0.6 is 12.3 Å². The first-order valence-corrected chi connectivity index (χ1v) is 22.7.